The normalized spacial score (nSPS) is 10.7. The fourth-order valence-electron chi connectivity index (χ4n) is 1.74. The molecule has 3 aromatic rings. The molecule has 100 valence electrons. The molecule has 0 unspecified atom stereocenters. The van der Waals surface area contributed by atoms with Crippen molar-refractivity contribution in [2.45, 2.75) is 0 Å². The van der Waals surface area contributed by atoms with Gasteiger partial charge in [0.2, 0.25) is 5.82 Å². The summed E-state index contributed by atoms with van der Waals surface area (Å²) in [5.41, 5.74) is 6.37. The topological polar surface area (TPSA) is 77.8 Å². The quantitative estimate of drug-likeness (QED) is 0.733. The summed E-state index contributed by atoms with van der Waals surface area (Å²) in [6.45, 7) is 0. The summed E-state index contributed by atoms with van der Waals surface area (Å²) in [6, 6.07) is 7.65. The fourth-order valence-corrected chi connectivity index (χ4v) is 1.94. The zero-order chi connectivity index (χ0) is 14.1. The van der Waals surface area contributed by atoms with E-state index in [1.54, 1.807) is 24.4 Å². The van der Waals surface area contributed by atoms with Crippen molar-refractivity contribution in [3.63, 3.8) is 0 Å². The van der Waals surface area contributed by atoms with Gasteiger partial charge in [0.1, 0.15) is 11.5 Å². The first kappa shape index (κ1) is 12.6. The molecule has 0 aliphatic rings. The molecule has 3 rings (SSSR count). The fraction of sp³-hybridized carbons (Fsp3) is 0. The lowest BCUT2D eigenvalue weighted by Gasteiger charge is -2.00. The van der Waals surface area contributed by atoms with E-state index in [2.05, 4.69) is 15.1 Å². The molecule has 2 N–H and O–H groups in total. The first-order valence-electron chi connectivity index (χ1n) is 5.66. The highest BCUT2D eigenvalue weighted by molar-refractivity contribution is 6.32. The Hall–Kier alpha value is -2.47. The third-order valence-corrected chi connectivity index (χ3v) is 2.96. The first-order chi connectivity index (χ1) is 9.66. The maximum atomic E-state index is 13.8. The Labute approximate surface area is 118 Å². The van der Waals surface area contributed by atoms with E-state index in [-0.39, 0.29) is 23.0 Å². The van der Waals surface area contributed by atoms with Crippen LogP contribution in [0.25, 0.3) is 23.0 Å². The summed E-state index contributed by atoms with van der Waals surface area (Å²) in [5, 5.41) is 4.13. The molecule has 0 radical (unpaired) electrons. The summed E-state index contributed by atoms with van der Waals surface area (Å²) < 4.78 is 18.8. The van der Waals surface area contributed by atoms with Crippen LogP contribution in [0.5, 0.6) is 0 Å². The number of nitrogen functional groups attached to an aromatic ring is 1. The number of halogens is 2. The van der Waals surface area contributed by atoms with Crippen molar-refractivity contribution < 1.29 is 8.91 Å². The molecule has 0 saturated carbocycles. The molecule has 1 aromatic carbocycles. The van der Waals surface area contributed by atoms with Gasteiger partial charge in [-0.05, 0) is 24.3 Å². The van der Waals surface area contributed by atoms with Crippen molar-refractivity contribution in [3.05, 3.63) is 47.4 Å². The van der Waals surface area contributed by atoms with E-state index < -0.39 is 5.82 Å². The van der Waals surface area contributed by atoms with Gasteiger partial charge in [-0.2, -0.15) is 4.98 Å². The van der Waals surface area contributed by atoms with Gasteiger partial charge in [-0.15, -0.1) is 0 Å². The largest absolute Gasteiger partial charge is 0.398 e. The standard InChI is InChI=1S/C13H8ClFN4O/c14-7-3-2-6-17-11(7)12-18-13(20-19-12)10-8(15)4-1-5-9(10)16/h1-6H,16H2. The molecule has 20 heavy (non-hydrogen) atoms. The molecule has 2 heterocycles. The lowest BCUT2D eigenvalue weighted by molar-refractivity contribution is 0.429. The second kappa shape index (κ2) is 4.90. The minimum atomic E-state index is -0.535. The van der Waals surface area contributed by atoms with Crippen LogP contribution in [0.2, 0.25) is 5.02 Å². The van der Waals surface area contributed by atoms with Crippen molar-refractivity contribution >= 4 is 17.3 Å². The van der Waals surface area contributed by atoms with Crippen LogP contribution >= 0.6 is 11.6 Å². The van der Waals surface area contributed by atoms with Gasteiger partial charge < -0.3 is 10.3 Å². The van der Waals surface area contributed by atoms with E-state index in [1.807, 2.05) is 0 Å². The van der Waals surface area contributed by atoms with Gasteiger partial charge in [-0.3, -0.25) is 4.98 Å². The molecule has 0 amide bonds. The van der Waals surface area contributed by atoms with Gasteiger partial charge in [0.05, 0.1) is 10.6 Å². The molecule has 0 atom stereocenters. The van der Waals surface area contributed by atoms with Crippen molar-refractivity contribution in [1.29, 1.82) is 0 Å². The highest BCUT2D eigenvalue weighted by Crippen LogP contribution is 2.30. The van der Waals surface area contributed by atoms with Crippen LogP contribution in [0, 0.1) is 5.82 Å². The number of rotatable bonds is 2. The Morgan fingerprint density at radius 3 is 2.80 bits per heavy atom. The monoisotopic (exact) mass is 290 g/mol. The van der Waals surface area contributed by atoms with E-state index in [1.165, 1.54) is 12.1 Å². The van der Waals surface area contributed by atoms with Gasteiger partial charge in [0, 0.05) is 11.9 Å². The minimum Gasteiger partial charge on any atom is -0.398 e. The highest BCUT2D eigenvalue weighted by Gasteiger charge is 2.18. The lowest BCUT2D eigenvalue weighted by Crippen LogP contribution is -1.93. The van der Waals surface area contributed by atoms with E-state index in [0.717, 1.165) is 0 Å². The third-order valence-electron chi connectivity index (χ3n) is 2.66. The van der Waals surface area contributed by atoms with Gasteiger partial charge in [-0.25, -0.2) is 4.39 Å². The van der Waals surface area contributed by atoms with Crippen molar-refractivity contribution in [3.8, 4) is 23.0 Å². The Bertz CT molecular complexity index is 754. The minimum absolute atomic E-state index is 0.0164. The second-order valence-electron chi connectivity index (χ2n) is 3.96. The SMILES string of the molecule is Nc1cccc(F)c1-c1nc(-c2ncccc2Cl)no1. The van der Waals surface area contributed by atoms with Crippen molar-refractivity contribution in [1.82, 2.24) is 15.1 Å². The molecule has 0 spiro atoms. The predicted octanol–water partition coefficient (Wildman–Crippen LogP) is 3.17. The Morgan fingerprint density at radius 1 is 1.20 bits per heavy atom. The summed E-state index contributed by atoms with van der Waals surface area (Å²) in [4.78, 5) is 8.15. The highest BCUT2D eigenvalue weighted by atomic mass is 35.5. The lowest BCUT2D eigenvalue weighted by atomic mass is 10.1. The molecular weight excluding hydrogens is 283 g/mol. The second-order valence-corrected chi connectivity index (χ2v) is 4.37. The van der Waals surface area contributed by atoms with Crippen LogP contribution in [0.1, 0.15) is 0 Å². The molecule has 0 fully saturated rings. The van der Waals surface area contributed by atoms with Crippen LogP contribution in [0.3, 0.4) is 0 Å². The number of hydrogen-bond acceptors (Lipinski definition) is 5. The number of aromatic nitrogens is 3. The number of nitrogens with two attached hydrogens (primary N) is 1. The molecule has 2 aromatic heterocycles. The Morgan fingerprint density at radius 2 is 2.05 bits per heavy atom. The molecule has 5 nitrogen and oxygen atoms in total. The maximum Gasteiger partial charge on any atom is 0.263 e. The molecule has 0 aliphatic carbocycles. The van der Waals surface area contributed by atoms with Crippen LogP contribution in [-0.2, 0) is 0 Å². The molecule has 7 heteroatoms. The maximum absolute atomic E-state index is 13.8. The van der Waals surface area contributed by atoms with E-state index >= 15 is 0 Å². The first-order valence-corrected chi connectivity index (χ1v) is 6.03. The summed E-state index contributed by atoms with van der Waals surface area (Å²) in [6.07, 6.45) is 1.55. The van der Waals surface area contributed by atoms with E-state index in [0.29, 0.717) is 10.7 Å². The number of pyridine rings is 1. The van der Waals surface area contributed by atoms with Crippen LogP contribution in [0.4, 0.5) is 10.1 Å². The van der Waals surface area contributed by atoms with Gasteiger partial charge in [0.25, 0.3) is 5.89 Å². The summed E-state index contributed by atoms with van der Waals surface area (Å²) >= 11 is 5.99. The molecule has 0 bridgehead atoms. The average molecular weight is 291 g/mol. The third kappa shape index (κ3) is 2.10. The van der Waals surface area contributed by atoms with Gasteiger partial charge in [-0.1, -0.05) is 22.8 Å². The van der Waals surface area contributed by atoms with Gasteiger partial charge >= 0.3 is 0 Å². The number of hydrogen-bond donors (Lipinski definition) is 1. The van der Waals surface area contributed by atoms with Gasteiger partial charge in [0.15, 0.2) is 0 Å². The number of benzene rings is 1. The molecule has 0 aliphatic heterocycles. The molecular formula is C13H8ClFN4O. The van der Waals surface area contributed by atoms with Crippen LogP contribution in [0.15, 0.2) is 41.1 Å². The average Bonchev–Trinajstić information content (AvgIpc) is 2.88. The zero-order valence-corrected chi connectivity index (χ0v) is 10.8. The summed E-state index contributed by atoms with van der Waals surface area (Å²) in [5.74, 6) is -0.377. The smallest absolute Gasteiger partial charge is 0.263 e. The Kier molecular flexibility index (Phi) is 3.08. The number of anilines is 1. The van der Waals surface area contributed by atoms with Crippen molar-refractivity contribution in [2.24, 2.45) is 0 Å². The van der Waals surface area contributed by atoms with Crippen LogP contribution in [-0.4, -0.2) is 15.1 Å². The summed E-state index contributed by atoms with van der Waals surface area (Å²) in [7, 11) is 0. The van der Waals surface area contributed by atoms with Crippen molar-refractivity contribution in [2.75, 3.05) is 5.73 Å². The Balaban J connectivity index is 2.10. The van der Waals surface area contributed by atoms with Crippen LogP contribution < -0.4 is 5.73 Å². The van der Waals surface area contributed by atoms with E-state index in [9.17, 15) is 4.39 Å². The number of nitrogens with zero attached hydrogens (tertiary/aromatic N) is 3. The predicted molar refractivity (Wildman–Crippen MR) is 72.3 cm³/mol. The van der Waals surface area contributed by atoms with E-state index in [4.69, 9.17) is 21.9 Å². The molecule has 0 saturated heterocycles. The zero-order valence-electron chi connectivity index (χ0n) is 10.0.